The summed E-state index contributed by atoms with van der Waals surface area (Å²) in [6.45, 7) is 5.76. The van der Waals surface area contributed by atoms with Gasteiger partial charge in [-0.25, -0.2) is 0 Å². The second-order valence-corrected chi connectivity index (χ2v) is 4.29. The van der Waals surface area contributed by atoms with Gasteiger partial charge < -0.3 is 9.53 Å². The number of hydrogen-bond donors (Lipinski definition) is 0. The van der Waals surface area contributed by atoms with Gasteiger partial charge in [-0.3, -0.25) is 4.90 Å². The van der Waals surface area contributed by atoms with Crippen molar-refractivity contribution in [2.75, 3.05) is 13.1 Å². The van der Waals surface area contributed by atoms with Crippen LogP contribution in [0.1, 0.15) is 20.3 Å². The second kappa shape index (κ2) is 2.54. The van der Waals surface area contributed by atoms with Crippen LogP contribution in [-0.2, 0) is 9.53 Å². The Balaban J connectivity index is 2.01. The summed E-state index contributed by atoms with van der Waals surface area (Å²) in [5.41, 5.74) is -0.305. The molecule has 3 rings (SSSR count). The third-order valence-corrected chi connectivity index (χ3v) is 2.86. The topological polar surface area (TPSA) is 29.5 Å². The lowest BCUT2D eigenvalue weighted by Gasteiger charge is -2.51. The molecule has 3 aliphatic heterocycles. The molecule has 3 fully saturated rings. The zero-order valence-electron chi connectivity index (χ0n) is 7.62. The highest BCUT2D eigenvalue weighted by atomic mass is 16.5. The normalized spacial score (nSPS) is 35.8. The summed E-state index contributed by atoms with van der Waals surface area (Å²) in [5, 5.41) is 0. The molecule has 2 atom stereocenters. The summed E-state index contributed by atoms with van der Waals surface area (Å²) in [6.07, 6.45) is 2.99. The molecule has 0 radical (unpaired) electrons. The number of hydrogen-bond acceptors (Lipinski definition) is 3. The van der Waals surface area contributed by atoms with E-state index < -0.39 is 0 Å². The standard InChI is InChI=1S/C9H15NO2/c1-9(2,6-11)10-4-7-3-8(5-10)12-7/h6-8H,3-5H2,1-2H3. The molecule has 0 aromatic rings. The molecule has 0 saturated carbocycles. The lowest BCUT2D eigenvalue weighted by Crippen LogP contribution is -2.63. The van der Waals surface area contributed by atoms with Crippen LogP contribution in [0.4, 0.5) is 0 Å². The number of nitrogens with zero attached hydrogens (tertiary/aromatic N) is 1. The quantitative estimate of drug-likeness (QED) is 0.562. The van der Waals surface area contributed by atoms with Gasteiger partial charge in [0.05, 0.1) is 17.7 Å². The van der Waals surface area contributed by atoms with E-state index >= 15 is 0 Å². The SMILES string of the molecule is CC(C)(C=O)N1CC2CC(C1)O2. The summed E-state index contributed by atoms with van der Waals surface area (Å²) < 4.78 is 5.49. The van der Waals surface area contributed by atoms with Crippen LogP contribution in [0.3, 0.4) is 0 Å². The van der Waals surface area contributed by atoms with Crippen molar-refractivity contribution in [3.05, 3.63) is 0 Å². The molecule has 0 spiro atoms. The number of carbonyl (C=O) groups is 1. The smallest absolute Gasteiger partial charge is 0.139 e. The van der Waals surface area contributed by atoms with Gasteiger partial charge >= 0.3 is 0 Å². The molecule has 0 aliphatic carbocycles. The van der Waals surface area contributed by atoms with E-state index in [4.69, 9.17) is 4.74 Å². The van der Waals surface area contributed by atoms with Gasteiger partial charge in [-0.1, -0.05) is 0 Å². The maximum absolute atomic E-state index is 10.8. The van der Waals surface area contributed by atoms with Gasteiger partial charge in [-0.2, -0.15) is 0 Å². The van der Waals surface area contributed by atoms with Gasteiger partial charge in [0.15, 0.2) is 0 Å². The maximum atomic E-state index is 10.8. The molecule has 3 aliphatic rings. The van der Waals surface area contributed by atoms with Crippen molar-refractivity contribution in [2.24, 2.45) is 0 Å². The van der Waals surface area contributed by atoms with Crippen molar-refractivity contribution in [3.63, 3.8) is 0 Å². The molecule has 3 heterocycles. The first kappa shape index (κ1) is 8.20. The predicted molar refractivity (Wildman–Crippen MR) is 45.0 cm³/mol. The Morgan fingerprint density at radius 2 is 1.92 bits per heavy atom. The third kappa shape index (κ3) is 1.17. The van der Waals surface area contributed by atoms with E-state index in [1.807, 2.05) is 13.8 Å². The summed E-state index contributed by atoms with van der Waals surface area (Å²) in [5.74, 6) is 0. The largest absolute Gasteiger partial charge is 0.372 e. The molecule has 3 saturated heterocycles. The fraction of sp³-hybridized carbons (Fsp3) is 0.889. The van der Waals surface area contributed by atoms with E-state index in [2.05, 4.69) is 4.90 Å². The van der Waals surface area contributed by atoms with Crippen LogP contribution in [0.2, 0.25) is 0 Å². The molecule has 12 heavy (non-hydrogen) atoms. The molecule has 68 valence electrons. The van der Waals surface area contributed by atoms with Crippen molar-refractivity contribution in [1.82, 2.24) is 4.90 Å². The minimum Gasteiger partial charge on any atom is -0.372 e. The Labute approximate surface area is 72.7 Å². The number of carbonyl (C=O) groups excluding carboxylic acids is 1. The molecule has 0 N–H and O–H groups in total. The van der Waals surface area contributed by atoms with Gasteiger partial charge in [-0.05, 0) is 13.8 Å². The van der Waals surface area contributed by atoms with E-state index in [1.54, 1.807) is 0 Å². The summed E-state index contributed by atoms with van der Waals surface area (Å²) >= 11 is 0. The first-order chi connectivity index (χ1) is 5.62. The van der Waals surface area contributed by atoms with E-state index in [-0.39, 0.29) is 5.54 Å². The lowest BCUT2D eigenvalue weighted by atomic mass is 9.93. The summed E-state index contributed by atoms with van der Waals surface area (Å²) in [6, 6.07) is 0. The third-order valence-electron chi connectivity index (χ3n) is 2.86. The Morgan fingerprint density at radius 1 is 1.42 bits per heavy atom. The molecule has 0 aromatic carbocycles. The highest BCUT2D eigenvalue weighted by molar-refractivity contribution is 5.62. The molecule has 0 aromatic heterocycles. The van der Waals surface area contributed by atoms with E-state index in [0.717, 1.165) is 19.4 Å². The Bertz CT molecular complexity index is 187. The van der Waals surface area contributed by atoms with Crippen LogP contribution in [0, 0.1) is 0 Å². The number of morpholine rings is 1. The fourth-order valence-corrected chi connectivity index (χ4v) is 1.90. The molecule has 3 nitrogen and oxygen atoms in total. The molecular formula is C9H15NO2. The van der Waals surface area contributed by atoms with Crippen LogP contribution in [0.25, 0.3) is 0 Å². The number of piperidine rings is 1. The van der Waals surface area contributed by atoms with Gasteiger partial charge in [-0.15, -0.1) is 0 Å². The molecular weight excluding hydrogens is 154 g/mol. The summed E-state index contributed by atoms with van der Waals surface area (Å²) in [7, 11) is 0. The molecule has 3 heteroatoms. The average Bonchev–Trinajstić information content (AvgIpc) is 2.04. The molecule has 2 unspecified atom stereocenters. The first-order valence-corrected chi connectivity index (χ1v) is 4.48. The van der Waals surface area contributed by atoms with Crippen LogP contribution in [0.15, 0.2) is 0 Å². The molecule has 0 amide bonds. The van der Waals surface area contributed by atoms with E-state index in [0.29, 0.717) is 12.2 Å². The maximum Gasteiger partial charge on any atom is 0.139 e. The van der Waals surface area contributed by atoms with E-state index in [1.165, 1.54) is 6.42 Å². The van der Waals surface area contributed by atoms with Crippen molar-refractivity contribution < 1.29 is 9.53 Å². The minimum absolute atomic E-state index is 0.305. The van der Waals surface area contributed by atoms with E-state index in [9.17, 15) is 4.79 Å². The van der Waals surface area contributed by atoms with Gasteiger partial charge in [0.1, 0.15) is 6.29 Å². The minimum atomic E-state index is -0.305. The first-order valence-electron chi connectivity index (χ1n) is 4.48. The van der Waals surface area contributed by atoms with Crippen molar-refractivity contribution in [2.45, 2.75) is 38.0 Å². The average molecular weight is 169 g/mol. The van der Waals surface area contributed by atoms with Crippen molar-refractivity contribution >= 4 is 6.29 Å². The number of fused-ring (bicyclic) bond motifs is 2. The zero-order valence-corrected chi connectivity index (χ0v) is 7.62. The van der Waals surface area contributed by atoms with Crippen LogP contribution in [0.5, 0.6) is 0 Å². The van der Waals surface area contributed by atoms with Crippen LogP contribution in [-0.4, -0.2) is 42.0 Å². The predicted octanol–water partition coefficient (Wildman–Crippen LogP) is 0.437. The number of ether oxygens (including phenoxy) is 1. The Kier molecular flexibility index (Phi) is 1.73. The van der Waals surface area contributed by atoms with Crippen LogP contribution < -0.4 is 0 Å². The number of rotatable bonds is 2. The highest BCUT2D eigenvalue weighted by Gasteiger charge is 2.42. The monoisotopic (exact) mass is 169 g/mol. The Hall–Kier alpha value is -0.410. The van der Waals surface area contributed by atoms with Crippen LogP contribution >= 0.6 is 0 Å². The van der Waals surface area contributed by atoms with Gasteiger partial charge in [0.2, 0.25) is 0 Å². The number of aldehydes is 1. The van der Waals surface area contributed by atoms with Gasteiger partial charge in [0.25, 0.3) is 0 Å². The van der Waals surface area contributed by atoms with Crippen molar-refractivity contribution in [1.29, 1.82) is 0 Å². The lowest BCUT2D eigenvalue weighted by molar-refractivity contribution is -0.195. The second-order valence-electron chi connectivity index (χ2n) is 4.29. The highest BCUT2D eigenvalue weighted by Crippen LogP contribution is 2.31. The fourth-order valence-electron chi connectivity index (χ4n) is 1.90. The van der Waals surface area contributed by atoms with Crippen molar-refractivity contribution in [3.8, 4) is 0 Å². The summed E-state index contributed by atoms with van der Waals surface area (Å²) in [4.78, 5) is 13.0. The van der Waals surface area contributed by atoms with Gasteiger partial charge in [0, 0.05) is 19.5 Å². The Morgan fingerprint density at radius 3 is 2.33 bits per heavy atom. The zero-order chi connectivity index (χ0) is 8.77. The molecule has 2 bridgehead atoms.